The van der Waals surface area contributed by atoms with E-state index >= 15 is 4.79 Å². The average Bonchev–Trinajstić information content (AvgIpc) is 3.45. The molecule has 41 heavy (non-hydrogen) atoms. The number of ketones is 2. The van der Waals surface area contributed by atoms with Crippen molar-refractivity contribution < 1.29 is 60.2 Å². The number of hydrogen-bond acceptors (Lipinski definition) is 6. The number of aliphatic hydroxyl groups is 1. The maximum Gasteiger partial charge on any atom is 0.375 e. The molecule has 6 nitrogen and oxygen atoms in total. The normalized spacial score (nSPS) is 64.6. The van der Waals surface area contributed by atoms with E-state index in [4.69, 9.17) is 48.5 Å². The first-order valence-electron chi connectivity index (χ1n) is 24.2. The molecule has 3 saturated carbocycles. The zero-order valence-corrected chi connectivity index (χ0v) is 24.2. The van der Waals surface area contributed by atoms with Gasteiger partial charge in [0.15, 0.2) is 17.2 Å². The summed E-state index contributed by atoms with van der Waals surface area (Å²) in [6.07, 6.45) is -28.6. The van der Waals surface area contributed by atoms with E-state index in [2.05, 4.69) is 0 Å². The minimum atomic E-state index is -5.21. The quantitative estimate of drug-likeness (QED) is 0.256. The molecule has 0 amide bonds. The molecular formula is C33H42Cl2O6. The van der Waals surface area contributed by atoms with E-state index in [-0.39, 0.29) is 13.8 Å². The van der Waals surface area contributed by atoms with Crippen LogP contribution in [0.2, 0.25) is 0 Å². The predicted octanol–water partition coefficient (Wildman–Crippen LogP) is 7.06. The van der Waals surface area contributed by atoms with Crippen LogP contribution in [0.15, 0.2) is 46.0 Å². The second-order valence-electron chi connectivity index (χ2n) is 10.3. The van der Waals surface area contributed by atoms with Crippen molar-refractivity contribution in [3.63, 3.8) is 0 Å². The van der Waals surface area contributed by atoms with Crippen LogP contribution in [-0.2, 0) is 14.3 Å². The standard InChI is InChI=1S/C33H42Cl2O6/c1-8-30-17-18(3)24(36)16-21(30)12-13-22-23-15-19(4)33(28(39)29(6,7)34,41-27(38)25-11-10-14-40-25)31(23,9-2)20(5)26(37)32(22,30)35/h10-11,14,16-17,19-20,22-23,26,37H,8-9,12-13,15H2,1-7H3/t19-,20?,22+,23-,26+,30?,31+,32+,33+/m1/s1/i4D3,8D2,9D2,10D,11D,12D2,13D2,14D,15D2,16D,17D,19D,20D,22D,23D,26D,37D. The van der Waals surface area contributed by atoms with Gasteiger partial charge in [-0.05, 0) is 94.0 Å². The molecule has 0 aromatic carbocycles. The number of fused-ring (bicyclic) bond motifs is 5. The van der Waals surface area contributed by atoms with Gasteiger partial charge in [-0.15, -0.1) is 23.2 Å². The van der Waals surface area contributed by atoms with E-state index in [0.717, 1.165) is 6.92 Å². The number of ether oxygens (including phenoxy) is 1. The third-order valence-electron chi connectivity index (χ3n) is 7.90. The lowest BCUT2D eigenvalue weighted by Crippen LogP contribution is -2.74. The van der Waals surface area contributed by atoms with Crippen molar-refractivity contribution in [2.75, 3.05) is 0 Å². The second kappa shape index (κ2) is 9.82. The summed E-state index contributed by atoms with van der Waals surface area (Å²) in [6.45, 7) is -1.90. The van der Waals surface area contributed by atoms with Gasteiger partial charge in [0.25, 0.3) is 0 Å². The molecule has 3 fully saturated rings. The molecular weight excluding hydrogens is 563 g/mol. The highest BCUT2D eigenvalue weighted by Crippen LogP contribution is 2.75. The maximum atomic E-state index is 15.7. The van der Waals surface area contributed by atoms with Crippen LogP contribution < -0.4 is 0 Å². The van der Waals surface area contributed by atoms with Gasteiger partial charge in [0.2, 0.25) is 7.19 Å². The molecule has 5 rings (SSSR count). The maximum absolute atomic E-state index is 15.7. The summed E-state index contributed by atoms with van der Waals surface area (Å²) in [7, 11) is 0. The van der Waals surface area contributed by atoms with Gasteiger partial charge in [-0.1, -0.05) is 39.2 Å². The molecule has 2 unspecified atom stereocenters. The first-order valence-corrected chi connectivity index (χ1v) is 13.0. The molecule has 0 aliphatic heterocycles. The van der Waals surface area contributed by atoms with Crippen molar-refractivity contribution in [3.8, 4) is 0 Å². The average molecular weight is 630 g/mol. The summed E-state index contributed by atoms with van der Waals surface area (Å²) < 4.78 is 236. The Labute approximate surface area is 286 Å². The topological polar surface area (TPSA) is 93.8 Å². The summed E-state index contributed by atoms with van der Waals surface area (Å²) >= 11 is 14.1. The van der Waals surface area contributed by atoms with Crippen molar-refractivity contribution in [3.05, 3.63) is 47.3 Å². The number of carbonyl (C=O) groups is 3. The van der Waals surface area contributed by atoms with Crippen LogP contribution in [0.25, 0.3) is 0 Å². The van der Waals surface area contributed by atoms with Crippen LogP contribution in [0.1, 0.15) is 122 Å². The minimum absolute atomic E-state index is 0.171. The molecule has 0 radical (unpaired) electrons. The predicted molar refractivity (Wildman–Crippen MR) is 158 cm³/mol. The molecule has 1 heterocycles. The number of esters is 1. The number of furan rings is 1. The molecule has 0 bridgehead atoms. The summed E-state index contributed by atoms with van der Waals surface area (Å²) in [5, 5.41) is 4.88. The fraction of sp³-hybridized carbons (Fsp3) is 0.667. The Bertz CT molecular complexity index is 2400. The smallest absolute Gasteiger partial charge is 0.375 e. The Balaban J connectivity index is 2.39. The van der Waals surface area contributed by atoms with Crippen LogP contribution in [-0.4, -0.2) is 45.5 Å². The van der Waals surface area contributed by atoms with E-state index in [9.17, 15) is 31.5 Å². The molecule has 4 aliphatic carbocycles. The zero-order valence-electron chi connectivity index (χ0n) is 46.7. The minimum Gasteiger partial charge on any atom is -0.457 e. The van der Waals surface area contributed by atoms with Crippen LogP contribution in [0.4, 0.5) is 0 Å². The molecule has 0 saturated heterocycles. The molecule has 1 aromatic rings. The molecule has 224 valence electrons. The summed E-state index contributed by atoms with van der Waals surface area (Å²) in [5.41, 5.74) is -17.0. The van der Waals surface area contributed by atoms with Gasteiger partial charge in [-0.3, -0.25) is 9.59 Å². The highest BCUT2D eigenvalue weighted by Gasteiger charge is 2.80. The van der Waals surface area contributed by atoms with E-state index in [1.165, 1.54) is 0 Å². The van der Waals surface area contributed by atoms with Gasteiger partial charge in [0.05, 0.1) is 24.0 Å². The third-order valence-corrected chi connectivity index (χ3v) is 8.71. The van der Waals surface area contributed by atoms with E-state index in [0.29, 0.717) is 20.8 Å². The first kappa shape index (κ1) is 12.6. The van der Waals surface area contributed by atoms with Gasteiger partial charge in [0, 0.05) is 40.0 Å². The number of rotatable bonds is 7. The number of halogens is 2. The SMILES string of the molecule is [2H]O[C@@]1([2H])C([2H])(C)[C@]2(C([2H])([2H])C)[C@@](OC(=O)c3oc([2H])c([2H])c3[2H])(C(=O)C(C)(C)Cl)[C@]([2H])(C([2H])([2H])[2H])C([2H])([2H])[C@]2([2H])[C@]2([2H])C([2H])([2H])C([2H])([2H])C3=C([2H])C(=O)C(C)=C([2H])C3(C([2H])([2H])C)[C@]21Cl. The van der Waals surface area contributed by atoms with Crippen LogP contribution in [0.3, 0.4) is 0 Å². The zero-order chi connectivity index (χ0) is 51.5. The number of Topliss-reactive ketones (excluding diaryl/α,β-unsaturated/α-hetero) is 1. The van der Waals surface area contributed by atoms with Crippen LogP contribution in [0, 0.1) is 34.4 Å². The Kier molecular flexibility index (Phi) is 3.02. The van der Waals surface area contributed by atoms with Gasteiger partial charge in [-0.2, -0.15) is 0 Å². The Morgan fingerprint density at radius 3 is 2.68 bits per heavy atom. The molecule has 1 aromatic heterocycles. The Morgan fingerprint density at radius 2 is 2.12 bits per heavy atom. The summed E-state index contributed by atoms with van der Waals surface area (Å²) in [5.74, 6) is -28.0. The molecule has 1 N–H and O–H groups in total. The number of allylic oxidation sites excluding steroid dienone is 4. The van der Waals surface area contributed by atoms with Crippen LogP contribution in [0.5, 0.6) is 0 Å². The van der Waals surface area contributed by atoms with Crippen molar-refractivity contribution in [1.29, 1.82) is 1.43 Å². The van der Waals surface area contributed by atoms with E-state index < -0.39 is 159 Å². The third kappa shape index (κ3) is 3.69. The molecule has 4 aliphatic rings. The summed E-state index contributed by atoms with van der Waals surface area (Å²) in [4.78, 5) is 36.3. The van der Waals surface area contributed by atoms with Crippen molar-refractivity contribution in [2.24, 2.45) is 34.4 Å². The van der Waals surface area contributed by atoms with Crippen molar-refractivity contribution in [2.45, 2.75) is 102 Å². The lowest BCUT2D eigenvalue weighted by molar-refractivity contribution is -0.209. The highest BCUT2D eigenvalue weighted by atomic mass is 35.5. The molecule has 0 spiro atoms. The number of carbonyl (C=O) groups excluding carboxylic acids is 3. The number of hydrogen-bond donors (Lipinski definition) is 1. The lowest BCUT2D eigenvalue weighted by atomic mass is 9.41. The van der Waals surface area contributed by atoms with Gasteiger partial charge in [0.1, 0.15) is 6.24 Å². The van der Waals surface area contributed by atoms with Gasteiger partial charge < -0.3 is 14.3 Å². The second-order valence-corrected chi connectivity index (χ2v) is 11.9. The van der Waals surface area contributed by atoms with E-state index in [1.54, 1.807) is 0 Å². The highest BCUT2D eigenvalue weighted by molar-refractivity contribution is 6.36. The van der Waals surface area contributed by atoms with Crippen molar-refractivity contribution in [1.82, 2.24) is 0 Å². The van der Waals surface area contributed by atoms with Crippen molar-refractivity contribution >= 4 is 40.7 Å². The van der Waals surface area contributed by atoms with Gasteiger partial charge >= 0.3 is 5.97 Å². The molecule has 9 atom stereocenters. The molecule has 8 heteroatoms. The number of alkyl halides is 2. The van der Waals surface area contributed by atoms with Gasteiger partial charge in [-0.25, -0.2) is 4.79 Å². The fourth-order valence-corrected chi connectivity index (χ4v) is 6.64. The van der Waals surface area contributed by atoms with Crippen LogP contribution >= 0.6 is 23.2 Å². The van der Waals surface area contributed by atoms with E-state index in [1.807, 2.05) is 0 Å². The Hall–Kier alpha value is -1.89. The Morgan fingerprint density at radius 1 is 1.39 bits per heavy atom. The summed E-state index contributed by atoms with van der Waals surface area (Å²) in [6, 6.07) is -5.90. The first-order chi connectivity index (χ1) is 28.4. The fourth-order valence-electron chi connectivity index (χ4n) is 5.99. The largest absolute Gasteiger partial charge is 0.457 e. The lowest BCUT2D eigenvalue weighted by Gasteiger charge is -2.68. The monoisotopic (exact) mass is 628 g/mol.